The number of aromatic nitrogens is 3. The van der Waals surface area contributed by atoms with Crippen molar-refractivity contribution in [2.75, 3.05) is 0 Å². The zero-order valence-corrected chi connectivity index (χ0v) is 4.97. The minimum absolute atomic E-state index is 0.0298. The highest BCUT2D eigenvalue weighted by Crippen LogP contribution is 1.91. The fourth-order valence-corrected chi connectivity index (χ4v) is 0.444. The minimum Gasteiger partial charge on any atom is -0.488 e. The first-order valence-electron chi connectivity index (χ1n) is 2.03. The second kappa shape index (κ2) is 1.98. The van der Waals surface area contributed by atoms with Crippen LogP contribution in [0.3, 0.4) is 0 Å². The van der Waals surface area contributed by atoms with Gasteiger partial charge in [-0.2, -0.15) is 4.98 Å². The minimum atomic E-state index is -0.807. The summed E-state index contributed by atoms with van der Waals surface area (Å²) in [4.78, 5) is 13.5. The Hall–Kier alpha value is -1.17. The smallest absolute Gasteiger partial charge is 0.336 e. The number of hydrogen-bond donors (Lipinski definition) is 2. The van der Waals surface area contributed by atoms with Crippen LogP contribution in [0.5, 0.6) is 5.88 Å². The van der Waals surface area contributed by atoms with E-state index in [9.17, 15) is 4.79 Å². The van der Waals surface area contributed by atoms with Gasteiger partial charge in [0, 0.05) is 0 Å². The number of aromatic hydroxyl groups is 1. The molecular formula is C3H2N3O2S. The summed E-state index contributed by atoms with van der Waals surface area (Å²) in [6.07, 6.45) is 0. The molecule has 1 radical (unpaired) electrons. The Morgan fingerprint density at radius 2 is 2.33 bits per heavy atom. The first-order valence-corrected chi connectivity index (χ1v) is 2.43. The number of hydrogen-bond acceptors (Lipinski definition) is 4. The summed E-state index contributed by atoms with van der Waals surface area (Å²) in [5, 5.41) is 13.7. The molecule has 0 fully saturated rings. The Labute approximate surface area is 55.2 Å². The molecule has 0 bridgehead atoms. The lowest BCUT2D eigenvalue weighted by Crippen LogP contribution is -2.08. The van der Waals surface area contributed by atoms with E-state index in [1.807, 2.05) is 0 Å². The normalized spacial score (nSPS) is 9.33. The van der Waals surface area contributed by atoms with Crippen LogP contribution in [0.2, 0.25) is 0 Å². The van der Waals surface area contributed by atoms with Gasteiger partial charge in [0.15, 0.2) is 0 Å². The third-order valence-electron chi connectivity index (χ3n) is 0.652. The van der Waals surface area contributed by atoms with Crippen molar-refractivity contribution in [3.8, 4) is 5.88 Å². The Morgan fingerprint density at radius 1 is 1.67 bits per heavy atom. The molecule has 0 saturated carbocycles. The van der Waals surface area contributed by atoms with Crippen molar-refractivity contribution < 1.29 is 5.11 Å². The molecule has 0 amide bonds. The second-order valence-electron chi connectivity index (χ2n) is 1.27. The van der Waals surface area contributed by atoms with Crippen LogP contribution in [0.25, 0.3) is 0 Å². The van der Waals surface area contributed by atoms with Crippen molar-refractivity contribution in [1.29, 1.82) is 0 Å². The first-order chi connectivity index (χ1) is 4.20. The van der Waals surface area contributed by atoms with Crippen molar-refractivity contribution in [2.24, 2.45) is 0 Å². The highest BCUT2D eigenvalue weighted by atomic mass is 32.1. The maximum absolute atomic E-state index is 10.3. The molecule has 0 aliphatic rings. The quantitative estimate of drug-likeness (QED) is 0.511. The zero-order chi connectivity index (χ0) is 6.85. The molecule has 1 aromatic rings. The third-order valence-corrected chi connectivity index (χ3v) is 0.834. The largest absolute Gasteiger partial charge is 0.488 e. The topological polar surface area (TPSA) is 78.9 Å². The van der Waals surface area contributed by atoms with Crippen LogP contribution in [0.4, 0.5) is 0 Å². The lowest BCUT2D eigenvalue weighted by atomic mass is 10.8. The van der Waals surface area contributed by atoms with Crippen LogP contribution >= 0.6 is 12.6 Å². The fraction of sp³-hybridized carbons (Fsp3) is 0. The van der Waals surface area contributed by atoms with Gasteiger partial charge < -0.3 is 5.11 Å². The molecule has 0 saturated heterocycles. The number of nitrogens with one attached hydrogen (secondary N) is 1. The summed E-state index contributed by atoms with van der Waals surface area (Å²) in [5.74, 6) is -0.663. The second-order valence-corrected chi connectivity index (χ2v) is 1.66. The van der Waals surface area contributed by atoms with Gasteiger partial charge in [0.05, 0.1) is 0 Å². The Kier molecular flexibility index (Phi) is 1.31. The summed E-state index contributed by atoms with van der Waals surface area (Å²) >= 11 is 4.42. The van der Waals surface area contributed by atoms with Gasteiger partial charge in [-0.05, 0) is 12.6 Å². The molecule has 1 aromatic heterocycles. The molecule has 5 nitrogen and oxygen atoms in total. The Balaban J connectivity index is 3.34. The standard InChI is InChI=1S/C3H2N3O2S/c7-1-2(8)5-6-3(9)4-1/h(H,5,8)(H,4,6,7). The molecule has 0 aromatic carbocycles. The van der Waals surface area contributed by atoms with E-state index in [2.05, 4.69) is 27.8 Å². The van der Waals surface area contributed by atoms with E-state index in [0.717, 1.165) is 0 Å². The zero-order valence-electron chi connectivity index (χ0n) is 4.16. The van der Waals surface area contributed by atoms with Crippen LogP contribution in [-0.2, 0) is 0 Å². The predicted octanol–water partition coefficient (Wildman–Crippen LogP) is -0.573. The molecule has 0 atom stereocenters. The fourth-order valence-electron chi connectivity index (χ4n) is 0.316. The predicted molar refractivity (Wildman–Crippen MR) is 30.2 cm³/mol. The molecule has 2 N–H and O–H groups in total. The van der Waals surface area contributed by atoms with Crippen molar-refractivity contribution in [2.45, 2.75) is 5.16 Å². The van der Waals surface area contributed by atoms with Gasteiger partial charge in [-0.1, -0.05) is 0 Å². The number of nitrogens with zero attached hydrogens (tertiary/aromatic N) is 2. The number of rotatable bonds is 0. The van der Waals surface area contributed by atoms with Gasteiger partial charge >= 0.3 is 5.56 Å². The van der Waals surface area contributed by atoms with E-state index < -0.39 is 11.4 Å². The van der Waals surface area contributed by atoms with Gasteiger partial charge in [-0.15, -0.1) is 5.10 Å². The Bertz CT molecular complexity index is 270. The maximum atomic E-state index is 10.3. The molecule has 0 unspecified atom stereocenters. The summed E-state index contributed by atoms with van der Waals surface area (Å²) in [6.45, 7) is 0. The summed E-state index contributed by atoms with van der Waals surface area (Å²) in [5.41, 5.74) is -0.807. The summed E-state index contributed by atoms with van der Waals surface area (Å²) in [6, 6.07) is 0. The van der Waals surface area contributed by atoms with E-state index in [4.69, 9.17) is 5.11 Å². The van der Waals surface area contributed by atoms with Crippen molar-refractivity contribution in [3.63, 3.8) is 0 Å². The van der Waals surface area contributed by atoms with E-state index >= 15 is 0 Å². The van der Waals surface area contributed by atoms with E-state index in [1.165, 1.54) is 0 Å². The number of aromatic amines is 1. The van der Waals surface area contributed by atoms with Gasteiger partial charge in [-0.3, -0.25) is 4.79 Å². The lowest BCUT2D eigenvalue weighted by Gasteiger charge is -1.86. The van der Waals surface area contributed by atoms with Crippen molar-refractivity contribution in [3.05, 3.63) is 10.4 Å². The molecular weight excluding hydrogens is 142 g/mol. The number of H-pyrrole nitrogens is 1. The lowest BCUT2D eigenvalue weighted by molar-refractivity contribution is 0.429. The SMILES string of the molecule is O=c1nc([S])[nH]nc1O. The molecule has 6 heteroatoms. The average molecular weight is 144 g/mol. The van der Waals surface area contributed by atoms with Gasteiger partial charge in [0.1, 0.15) is 0 Å². The van der Waals surface area contributed by atoms with Crippen LogP contribution in [0.1, 0.15) is 0 Å². The third kappa shape index (κ3) is 1.14. The highest BCUT2D eigenvalue weighted by molar-refractivity contribution is 7.80. The average Bonchev–Trinajstić information content (AvgIpc) is 1.80. The first kappa shape index (κ1) is 5.96. The molecule has 1 rings (SSSR count). The molecule has 47 valence electrons. The monoisotopic (exact) mass is 144 g/mol. The molecule has 0 spiro atoms. The molecule has 0 aliphatic carbocycles. The summed E-state index contributed by atoms with van der Waals surface area (Å²) < 4.78 is 0. The van der Waals surface area contributed by atoms with Crippen LogP contribution in [0.15, 0.2) is 9.95 Å². The maximum Gasteiger partial charge on any atom is 0.336 e. The van der Waals surface area contributed by atoms with E-state index in [-0.39, 0.29) is 5.16 Å². The van der Waals surface area contributed by atoms with Gasteiger partial charge in [0.2, 0.25) is 5.16 Å². The molecule has 9 heavy (non-hydrogen) atoms. The summed E-state index contributed by atoms with van der Waals surface area (Å²) in [7, 11) is 0. The van der Waals surface area contributed by atoms with E-state index in [0.29, 0.717) is 0 Å². The van der Waals surface area contributed by atoms with Crippen LogP contribution in [0, 0.1) is 0 Å². The van der Waals surface area contributed by atoms with Crippen molar-refractivity contribution in [1.82, 2.24) is 15.2 Å². The van der Waals surface area contributed by atoms with E-state index in [1.54, 1.807) is 0 Å². The Morgan fingerprint density at radius 3 is 2.78 bits per heavy atom. The van der Waals surface area contributed by atoms with Crippen LogP contribution in [-0.4, -0.2) is 20.3 Å². The molecule has 1 heterocycles. The van der Waals surface area contributed by atoms with Gasteiger partial charge in [0.25, 0.3) is 5.88 Å². The molecule has 0 aliphatic heterocycles. The highest BCUT2D eigenvalue weighted by Gasteiger charge is 1.97. The van der Waals surface area contributed by atoms with Gasteiger partial charge in [-0.25, -0.2) is 5.10 Å². The van der Waals surface area contributed by atoms with Crippen molar-refractivity contribution >= 4 is 12.6 Å². The van der Waals surface area contributed by atoms with Crippen LogP contribution < -0.4 is 5.56 Å².